The Balaban J connectivity index is 1.31. The van der Waals surface area contributed by atoms with Crippen molar-refractivity contribution in [2.24, 2.45) is 0 Å². The maximum Gasteiger partial charge on any atom is 0.223 e. The second-order valence-electron chi connectivity index (χ2n) is 11.7. The third kappa shape index (κ3) is 8.06. The molecule has 0 bridgehead atoms. The van der Waals surface area contributed by atoms with Crippen LogP contribution in [0.5, 0.6) is 0 Å². The quantitative estimate of drug-likeness (QED) is 0.131. The molecule has 0 saturated heterocycles. The van der Waals surface area contributed by atoms with Crippen LogP contribution >= 0.6 is 15.8 Å². The minimum absolute atomic E-state index is 0.0185. The summed E-state index contributed by atoms with van der Waals surface area (Å²) in [6.07, 6.45) is 0.616. The van der Waals surface area contributed by atoms with Gasteiger partial charge in [-0.05, 0) is 55.6 Å². The molecule has 0 aromatic heterocycles. The fraction of sp³-hybridized carbons (Fsp3) is 0.116. The van der Waals surface area contributed by atoms with Gasteiger partial charge in [-0.2, -0.15) is 0 Å². The van der Waals surface area contributed by atoms with Crippen molar-refractivity contribution in [3.63, 3.8) is 0 Å². The van der Waals surface area contributed by atoms with E-state index in [1.807, 2.05) is 46.2 Å². The van der Waals surface area contributed by atoms with E-state index in [0.717, 1.165) is 22.0 Å². The van der Waals surface area contributed by atoms with E-state index in [-0.39, 0.29) is 11.8 Å². The first-order valence-electron chi connectivity index (χ1n) is 16.6. The van der Waals surface area contributed by atoms with Crippen molar-refractivity contribution in [3.8, 4) is 0 Å². The highest BCUT2D eigenvalue weighted by molar-refractivity contribution is 7.80. The Labute approximate surface area is 292 Å². The molecule has 6 aromatic carbocycles. The van der Waals surface area contributed by atoms with Crippen LogP contribution in [0.1, 0.15) is 20.3 Å². The molecular formula is C43H40N2O2P2. The van der Waals surface area contributed by atoms with Gasteiger partial charge in [-0.3, -0.25) is 9.59 Å². The summed E-state index contributed by atoms with van der Waals surface area (Å²) in [6, 6.07) is 58.8. The third-order valence-electron chi connectivity index (χ3n) is 8.41. The zero-order valence-electron chi connectivity index (χ0n) is 27.9. The molecule has 2 amide bonds. The second kappa shape index (κ2) is 16.5. The Kier molecular flexibility index (Phi) is 11.4. The number of nitrogens with zero attached hydrogens (tertiary/aromatic N) is 2. The molecule has 244 valence electrons. The van der Waals surface area contributed by atoms with Gasteiger partial charge in [0.15, 0.2) is 0 Å². The Hall–Kier alpha value is -4.88. The zero-order chi connectivity index (χ0) is 34.0. The molecule has 0 unspecified atom stereocenters. The standard InChI is InChI=1S/C43H40N2O2P2/c1-34(46)44(40-28-15-17-30-42(40)48(36-20-7-3-8-21-36)37-22-9-4-10-23-37)32-19-33-45(35(2)47)41-29-16-18-31-43(41)49(38-24-11-5-12-25-38)39-26-13-6-14-27-39/h3-18,20-31H,19,32-33H2,1-2H3. The lowest BCUT2D eigenvalue weighted by molar-refractivity contribution is -0.117. The first-order valence-corrected chi connectivity index (χ1v) is 19.3. The van der Waals surface area contributed by atoms with Gasteiger partial charge in [0.05, 0.1) is 11.4 Å². The van der Waals surface area contributed by atoms with Gasteiger partial charge in [-0.25, -0.2) is 0 Å². The Morgan fingerprint density at radius 3 is 0.959 bits per heavy atom. The lowest BCUT2D eigenvalue weighted by Crippen LogP contribution is -2.38. The maximum atomic E-state index is 13.4. The van der Waals surface area contributed by atoms with Crippen LogP contribution < -0.4 is 41.6 Å². The molecular weight excluding hydrogens is 638 g/mol. The molecule has 0 aliphatic heterocycles. The maximum absolute atomic E-state index is 13.4. The van der Waals surface area contributed by atoms with E-state index >= 15 is 0 Å². The molecule has 0 saturated carbocycles. The molecule has 49 heavy (non-hydrogen) atoms. The lowest BCUT2D eigenvalue weighted by Gasteiger charge is -2.31. The van der Waals surface area contributed by atoms with Crippen molar-refractivity contribution in [1.29, 1.82) is 0 Å². The fourth-order valence-corrected chi connectivity index (χ4v) is 11.1. The number of carbonyl (C=O) groups excluding carboxylic acids is 2. The molecule has 6 rings (SSSR count). The number of carbonyl (C=O) groups is 2. The highest BCUT2D eigenvalue weighted by Gasteiger charge is 2.26. The van der Waals surface area contributed by atoms with E-state index in [4.69, 9.17) is 0 Å². The third-order valence-corrected chi connectivity index (χ3v) is 13.4. The Bertz CT molecular complexity index is 1750. The average Bonchev–Trinajstić information content (AvgIpc) is 3.14. The van der Waals surface area contributed by atoms with Crippen LogP contribution in [0.25, 0.3) is 0 Å². The van der Waals surface area contributed by atoms with Crippen molar-refractivity contribution in [1.82, 2.24) is 0 Å². The second-order valence-corrected chi connectivity index (χ2v) is 16.1. The SMILES string of the molecule is CC(=O)N(CCCN(C(C)=O)c1ccccc1P(c1ccccc1)c1ccccc1)c1ccccc1P(c1ccccc1)c1ccccc1. The summed E-state index contributed by atoms with van der Waals surface area (Å²) >= 11 is 0. The predicted octanol–water partition coefficient (Wildman–Crippen LogP) is 7.00. The summed E-state index contributed by atoms with van der Waals surface area (Å²) in [7, 11) is -1.82. The molecule has 0 spiro atoms. The van der Waals surface area contributed by atoms with Crippen molar-refractivity contribution >= 4 is 70.9 Å². The van der Waals surface area contributed by atoms with Gasteiger partial charge in [-0.15, -0.1) is 0 Å². The average molecular weight is 679 g/mol. The Morgan fingerprint density at radius 2 is 0.673 bits per heavy atom. The summed E-state index contributed by atoms with van der Waals surface area (Å²) < 4.78 is 0. The van der Waals surface area contributed by atoms with Crippen LogP contribution in [-0.4, -0.2) is 24.9 Å². The van der Waals surface area contributed by atoms with Gasteiger partial charge in [0.2, 0.25) is 11.8 Å². The molecule has 0 fully saturated rings. The minimum atomic E-state index is -0.910. The van der Waals surface area contributed by atoms with Crippen molar-refractivity contribution in [3.05, 3.63) is 170 Å². The monoisotopic (exact) mass is 678 g/mol. The largest absolute Gasteiger partial charge is 0.312 e. The molecule has 0 N–H and O–H groups in total. The summed E-state index contributed by atoms with van der Waals surface area (Å²) in [5.74, 6) is -0.0371. The fourth-order valence-electron chi connectivity index (χ4n) is 6.21. The predicted molar refractivity (Wildman–Crippen MR) is 211 cm³/mol. The van der Waals surface area contributed by atoms with Gasteiger partial charge >= 0.3 is 0 Å². The van der Waals surface area contributed by atoms with E-state index in [1.165, 1.54) is 21.2 Å². The van der Waals surface area contributed by atoms with Crippen LogP contribution in [0.15, 0.2) is 170 Å². The molecule has 0 heterocycles. The van der Waals surface area contributed by atoms with E-state index in [0.29, 0.717) is 19.5 Å². The number of rotatable bonds is 12. The van der Waals surface area contributed by atoms with Crippen LogP contribution in [-0.2, 0) is 9.59 Å². The van der Waals surface area contributed by atoms with Crippen LogP contribution in [0.4, 0.5) is 11.4 Å². The minimum Gasteiger partial charge on any atom is -0.312 e. The van der Waals surface area contributed by atoms with E-state index in [1.54, 1.807) is 13.8 Å². The number of hydrogen-bond acceptors (Lipinski definition) is 2. The topological polar surface area (TPSA) is 40.6 Å². The Morgan fingerprint density at radius 1 is 0.408 bits per heavy atom. The van der Waals surface area contributed by atoms with Gasteiger partial charge in [0.25, 0.3) is 0 Å². The van der Waals surface area contributed by atoms with Crippen LogP contribution in [0.3, 0.4) is 0 Å². The molecule has 6 heteroatoms. The van der Waals surface area contributed by atoms with Crippen molar-refractivity contribution in [2.75, 3.05) is 22.9 Å². The number of benzene rings is 6. The molecule has 6 aromatic rings. The van der Waals surface area contributed by atoms with Crippen LogP contribution in [0.2, 0.25) is 0 Å². The van der Waals surface area contributed by atoms with Gasteiger partial charge < -0.3 is 9.80 Å². The smallest absolute Gasteiger partial charge is 0.223 e. The zero-order valence-corrected chi connectivity index (χ0v) is 29.7. The molecule has 0 aliphatic carbocycles. The van der Waals surface area contributed by atoms with E-state index in [2.05, 4.69) is 133 Å². The first kappa shape index (κ1) is 34.0. The summed E-state index contributed by atoms with van der Waals surface area (Å²) in [5, 5.41) is 7.19. The highest BCUT2D eigenvalue weighted by atomic mass is 31.1. The normalized spacial score (nSPS) is 11.0. The highest BCUT2D eigenvalue weighted by Crippen LogP contribution is 2.38. The van der Waals surface area contributed by atoms with Crippen LogP contribution in [0, 0.1) is 0 Å². The van der Waals surface area contributed by atoms with E-state index < -0.39 is 15.8 Å². The summed E-state index contributed by atoms with van der Waals surface area (Å²) in [6.45, 7) is 4.23. The number of amides is 2. The molecule has 0 radical (unpaired) electrons. The molecule has 0 aliphatic rings. The van der Waals surface area contributed by atoms with Gasteiger partial charge in [0.1, 0.15) is 0 Å². The van der Waals surface area contributed by atoms with Crippen molar-refractivity contribution in [2.45, 2.75) is 20.3 Å². The molecule has 0 atom stereocenters. The lowest BCUT2D eigenvalue weighted by atomic mass is 10.2. The number of para-hydroxylation sites is 2. The number of hydrogen-bond donors (Lipinski definition) is 0. The summed E-state index contributed by atoms with van der Waals surface area (Å²) in [4.78, 5) is 30.5. The van der Waals surface area contributed by atoms with Crippen molar-refractivity contribution < 1.29 is 9.59 Å². The molecule has 4 nitrogen and oxygen atoms in total. The number of anilines is 2. The van der Waals surface area contributed by atoms with Gasteiger partial charge in [0, 0.05) is 37.5 Å². The summed E-state index contributed by atoms with van der Waals surface area (Å²) in [5.41, 5.74) is 1.83. The first-order chi connectivity index (χ1) is 24.0. The van der Waals surface area contributed by atoms with Gasteiger partial charge in [-0.1, -0.05) is 158 Å². The van der Waals surface area contributed by atoms with E-state index in [9.17, 15) is 9.59 Å².